The highest BCUT2D eigenvalue weighted by molar-refractivity contribution is 7.98. The molecule has 0 radical (unpaired) electrons. The first kappa shape index (κ1) is 20.5. The largest absolute Gasteiger partial charge is 0.484 e. The molecule has 2 heterocycles. The zero-order valence-corrected chi connectivity index (χ0v) is 18.5. The normalized spacial score (nSPS) is 11.1. The van der Waals surface area contributed by atoms with Gasteiger partial charge in [0.25, 0.3) is 11.1 Å². The number of thioether (sulfide) groups is 1. The molecule has 2 aromatic carbocycles. The lowest BCUT2D eigenvalue weighted by molar-refractivity contribution is 0.250. The van der Waals surface area contributed by atoms with Crippen molar-refractivity contribution in [1.82, 2.24) is 20.0 Å². The van der Waals surface area contributed by atoms with E-state index < -0.39 is 0 Å². The van der Waals surface area contributed by atoms with Crippen LogP contribution in [0.1, 0.15) is 28.3 Å². The zero-order chi connectivity index (χ0) is 21.1. The molecule has 0 aliphatic carbocycles. The number of rotatable bonds is 7. The van der Waals surface area contributed by atoms with Gasteiger partial charge in [-0.05, 0) is 50.1 Å². The fraction of sp³-hybridized carbons (Fsp3) is 0.227. The molecule has 0 N–H and O–H groups in total. The van der Waals surface area contributed by atoms with Crippen molar-refractivity contribution >= 4 is 23.4 Å². The van der Waals surface area contributed by atoms with Gasteiger partial charge < -0.3 is 9.15 Å². The molecule has 0 atom stereocenters. The van der Waals surface area contributed by atoms with Gasteiger partial charge in [-0.3, -0.25) is 0 Å². The van der Waals surface area contributed by atoms with Crippen LogP contribution in [0.3, 0.4) is 0 Å². The molecule has 0 aliphatic rings. The van der Waals surface area contributed by atoms with E-state index in [9.17, 15) is 0 Å². The highest BCUT2D eigenvalue weighted by Gasteiger charge is 2.17. The molecule has 0 amide bonds. The first-order chi connectivity index (χ1) is 14.5. The zero-order valence-electron chi connectivity index (χ0n) is 16.9. The van der Waals surface area contributed by atoms with Crippen molar-refractivity contribution in [2.24, 2.45) is 0 Å². The van der Waals surface area contributed by atoms with Crippen molar-refractivity contribution in [3.63, 3.8) is 0 Å². The van der Waals surface area contributed by atoms with E-state index in [4.69, 9.17) is 20.8 Å². The molecule has 0 saturated carbocycles. The molecule has 0 bridgehead atoms. The third-order valence-electron chi connectivity index (χ3n) is 4.61. The molecule has 0 spiro atoms. The van der Waals surface area contributed by atoms with Crippen molar-refractivity contribution in [1.29, 1.82) is 0 Å². The molecule has 6 nitrogen and oxygen atoms in total. The number of nitrogens with zero attached hydrogens (tertiary/aromatic N) is 4. The molecule has 0 aliphatic heterocycles. The molecule has 4 rings (SSSR count). The van der Waals surface area contributed by atoms with Gasteiger partial charge in [-0.2, -0.15) is 5.10 Å². The summed E-state index contributed by atoms with van der Waals surface area (Å²) in [5.41, 5.74) is 4.94. The molecular formula is C22H21ClN4O2S. The summed E-state index contributed by atoms with van der Waals surface area (Å²) in [6.07, 6.45) is 0. The number of halogens is 1. The Morgan fingerprint density at radius 1 is 1.07 bits per heavy atom. The van der Waals surface area contributed by atoms with Crippen molar-refractivity contribution in [2.45, 2.75) is 38.4 Å². The Kier molecular flexibility index (Phi) is 6.11. The Bertz CT molecular complexity index is 1160. The quantitative estimate of drug-likeness (QED) is 0.343. The monoisotopic (exact) mass is 440 g/mol. The molecule has 154 valence electrons. The predicted octanol–water partition coefficient (Wildman–Crippen LogP) is 5.71. The van der Waals surface area contributed by atoms with E-state index in [1.165, 1.54) is 11.8 Å². The van der Waals surface area contributed by atoms with Gasteiger partial charge in [-0.15, -0.1) is 10.2 Å². The minimum absolute atomic E-state index is 0.226. The first-order valence-electron chi connectivity index (χ1n) is 9.46. The van der Waals surface area contributed by atoms with Gasteiger partial charge in [0, 0.05) is 11.3 Å². The highest BCUT2D eigenvalue weighted by atomic mass is 35.5. The van der Waals surface area contributed by atoms with Crippen LogP contribution >= 0.6 is 23.4 Å². The van der Waals surface area contributed by atoms with Gasteiger partial charge in [0.05, 0.1) is 11.4 Å². The molecular weight excluding hydrogens is 420 g/mol. The van der Waals surface area contributed by atoms with Crippen molar-refractivity contribution in [2.75, 3.05) is 0 Å². The lowest BCUT2D eigenvalue weighted by atomic mass is 10.1. The molecule has 30 heavy (non-hydrogen) atoms. The maximum absolute atomic E-state index is 6.58. The fourth-order valence-corrected chi connectivity index (χ4v) is 4.21. The second kappa shape index (κ2) is 8.93. The number of benzene rings is 2. The maximum atomic E-state index is 6.58. The standard InChI is InChI=1S/C22H21ClN4O2S/c1-14-9-10-15(2)19(11-14)28-12-20-24-25-22(29-20)30-13-18-16(3)26-27(21(18)23)17-7-5-4-6-8-17/h4-11H,12-13H2,1-3H3. The fourth-order valence-electron chi connectivity index (χ4n) is 2.93. The second-order valence-electron chi connectivity index (χ2n) is 6.91. The number of para-hydroxylation sites is 1. The number of ether oxygens (including phenoxy) is 1. The number of hydrogen-bond donors (Lipinski definition) is 0. The van der Waals surface area contributed by atoms with E-state index in [1.54, 1.807) is 4.68 Å². The van der Waals surface area contributed by atoms with Crippen LogP contribution in [0.15, 0.2) is 58.2 Å². The average Bonchev–Trinajstić information content (AvgIpc) is 3.32. The Morgan fingerprint density at radius 3 is 2.67 bits per heavy atom. The van der Waals surface area contributed by atoms with E-state index in [2.05, 4.69) is 21.4 Å². The summed E-state index contributed by atoms with van der Waals surface area (Å²) in [6.45, 7) is 6.20. The summed E-state index contributed by atoms with van der Waals surface area (Å²) in [4.78, 5) is 0. The minimum Gasteiger partial charge on any atom is -0.484 e. The van der Waals surface area contributed by atoms with Gasteiger partial charge in [-0.25, -0.2) is 4.68 Å². The first-order valence-corrected chi connectivity index (χ1v) is 10.8. The number of aryl methyl sites for hydroxylation is 3. The topological polar surface area (TPSA) is 66.0 Å². The summed E-state index contributed by atoms with van der Waals surface area (Å²) in [5.74, 6) is 1.83. The minimum atomic E-state index is 0.226. The van der Waals surface area contributed by atoms with E-state index in [1.807, 2.05) is 63.2 Å². The molecule has 0 fully saturated rings. The average molecular weight is 441 g/mol. The van der Waals surface area contributed by atoms with Gasteiger partial charge in [0.15, 0.2) is 6.61 Å². The molecule has 0 saturated heterocycles. The summed E-state index contributed by atoms with van der Waals surface area (Å²) in [5, 5.41) is 13.8. The Balaban J connectivity index is 1.40. The van der Waals surface area contributed by atoms with E-state index in [0.29, 0.717) is 22.0 Å². The van der Waals surface area contributed by atoms with Gasteiger partial charge in [0.1, 0.15) is 10.9 Å². The Hall–Kier alpha value is -2.77. The molecule has 0 unspecified atom stereocenters. The van der Waals surface area contributed by atoms with Crippen LogP contribution in [0, 0.1) is 20.8 Å². The van der Waals surface area contributed by atoms with Crippen LogP contribution in [0.2, 0.25) is 5.15 Å². The Labute approximate surface area is 184 Å². The van der Waals surface area contributed by atoms with Gasteiger partial charge in [0.2, 0.25) is 0 Å². The van der Waals surface area contributed by atoms with E-state index in [-0.39, 0.29) is 6.61 Å². The van der Waals surface area contributed by atoms with Crippen LogP contribution in [-0.2, 0) is 12.4 Å². The molecule has 4 aromatic rings. The lowest BCUT2D eigenvalue weighted by Gasteiger charge is -2.07. The number of hydrogen-bond acceptors (Lipinski definition) is 6. The maximum Gasteiger partial charge on any atom is 0.277 e. The van der Waals surface area contributed by atoms with Crippen LogP contribution in [0.4, 0.5) is 0 Å². The lowest BCUT2D eigenvalue weighted by Crippen LogP contribution is -1.97. The second-order valence-corrected chi connectivity index (χ2v) is 8.19. The van der Waals surface area contributed by atoms with Crippen LogP contribution in [0.5, 0.6) is 5.75 Å². The van der Waals surface area contributed by atoms with Crippen LogP contribution in [-0.4, -0.2) is 20.0 Å². The highest BCUT2D eigenvalue weighted by Crippen LogP contribution is 2.30. The van der Waals surface area contributed by atoms with Crippen LogP contribution in [0.25, 0.3) is 5.69 Å². The smallest absolute Gasteiger partial charge is 0.277 e. The summed E-state index contributed by atoms with van der Waals surface area (Å²) in [7, 11) is 0. The van der Waals surface area contributed by atoms with Crippen LogP contribution < -0.4 is 4.74 Å². The summed E-state index contributed by atoms with van der Waals surface area (Å²) >= 11 is 8.01. The van der Waals surface area contributed by atoms with E-state index >= 15 is 0 Å². The molecule has 2 aromatic heterocycles. The molecule has 8 heteroatoms. The number of aromatic nitrogens is 4. The van der Waals surface area contributed by atoms with Crippen molar-refractivity contribution in [3.05, 3.63) is 82.0 Å². The Morgan fingerprint density at radius 2 is 1.87 bits per heavy atom. The van der Waals surface area contributed by atoms with Crippen molar-refractivity contribution < 1.29 is 9.15 Å². The third kappa shape index (κ3) is 4.52. The van der Waals surface area contributed by atoms with E-state index in [0.717, 1.165) is 33.8 Å². The van der Waals surface area contributed by atoms with Crippen molar-refractivity contribution in [3.8, 4) is 11.4 Å². The predicted molar refractivity (Wildman–Crippen MR) is 117 cm³/mol. The van der Waals surface area contributed by atoms with Gasteiger partial charge >= 0.3 is 0 Å². The third-order valence-corrected chi connectivity index (χ3v) is 5.84. The summed E-state index contributed by atoms with van der Waals surface area (Å²) in [6, 6.07) is 15.9. The SMILES string of the molecule is Cc1ccc(C)c(OCc2nnc(SCc3c(C)nn(-c4ccccc4)c3Cl)o2)c1. The van der Waals surface area contributed by atoms with Gasteiger partial charge in [-0.1, -0.05) is 53.7 Å². The summed E-state index contributed by atoms with van der Waals surface area (Å²) < 4.78 is 13.3.